The highest BCUT2D eigenvalue weighted by atomic mass is 35.5. The van der Waals surface area contributed by atoms with Gasteiger partial charge in [0.25, 0.3) is 0 Å². The minimum atomic E-state index is -1.36. The maximum Gasteiger partial charge on any atom is 0.410 e. The molecular formula is C23H34Cl2N2O4S. The molecule has 1 heterocycles. The number of benzene rings is 1. The average molecular weight is 506 g/mol. The Bertz CT molecular complexity index is 865. The Morgan fingerprint density at radius 2 is 1.91 bits per heavy atom. The number of ether oxygens (including phenoxy) is 2. The predicted molar refractivity (Wildman–Crippen MR) is 132 cm³/mol. The van der Waals surface area contributed by atoms with Crippen LogP contribution in [-0.4, -0.2) is 45.2 Å². The normalized spacial score (nSPS) is 18.9. The monoisotopic (exact) mass is 504 g/mol. The number of likely N-dealkylation sites (tertiary alicyclic amines) is 1. The van der Waals surface area contributed by atoms with Crippen molar-refractivity contribution in [3.8, 4) is 5.75 Å². The molecule has 1 N–H and O–H groups in total. The summed E-state index contributed by atoms with van der Waals surface area (Å²) in [7, 11) is -1.36. The van der Waals surface area contributed by atoms with E-state index in [0.717, 1.165) is 5.56 Å². The predicted octanol–water partition coefficient (Wildman–Crippen LogP) is 5.91. The van der Waals surface area contributed by atoms with Gasteiger partial charge >= 0.3 is 6.09 Å². The third kappa shape index (κ3) is 7.37. The molecule has 1 aromatic rings. The summed E-state index contributed by atoms with van der Waals surface area (Å²) in [6.45, 7) is 16.2. The van der Waals surface area contributed by atoms with E-state index >= 15 is 0 Å². The molecule has 1 aliphatic rings. The van der Waals surface area contributed by atoms with Crippen molar-refractivity contribution < 1.29 is 18.5 Å². The van der Waals surface area contributed by atoms with Gasteiger partial charge in [0.05, 0.1) is 31.8 Å². The van der Waals surface area contributed by atoms with E-state index in [1.807, 2.05) is 41.5 Å². The number of rotatable bonds is 7. The standard InChI is InChI=1S/C23H34Cl2N2O4S/c1-8-11-30-19-13-18(25)17(24)12-16(19)20(26-32(29)23(5,6)7)15-9-10-27(14-15)21(28)31-22(2,3)4/h8,12-13,15,20,26H,1,9-11,14H2,2-7H3/t15-,20?,32?/m1/s1. The highest BCUT2D eigenvalue weighted by Crippen LogP contribution is 2.40. The summed E-state index contributed by atoms with van der Waals surface area (Å²) in [6.07, 6.45) is 1.99. The second-order valence-electron chi connectivity index (χ2n) is 9.86. The fourth-order valence-electron chi connectivity index (χ4n) is 3.32. The Morgan fingerprint density at radius 3 is 2.47 bits per heavy atom. The Hall–Kier alpha value is -1.28. The van der Waals surface area contributed by atoms with Crippen molar-refractivity contribution in [1.82, 2.24) is 9.62 Å². The zero-order valence-electron chi connectivity index (χ0n) is 19.7. The summed E-state index contributed by atoms with van der Waals surface area (Å²) in [5, 5.41) is 0.745. The van der Waals surface area contributed by atoms with Crippen LogP contribution in [0.2, 0.25) is 10.0 Å². The lowest BCUT2D eigenvalue weighted by molar-refractivity contribution is 0.0286. The van der Waals surface area contributed by atoms with E-state index in [-0.39, 0.29) is 24.7 Å². The molecule has 9 heteroatoms. The molecule has 1 saturated heterocycles. The molecule has 0 bridgehead atoms. The van der Waals surface area contributed by atoms with Crippen molar-refractivity contribution in [2.24, 2.45) is 5.92 Å². The van der Waals surface area contributed by atoms with E-state index in [2.05, 4.69) is 11.3 Å². The van der Waals surface area contributed by atoms with Crippen LogP contribution in [0.3, 0.4) is 0 Å². The summed E-state index contributed by atoms with van der Waals surface area (Å²) >= 11 is 12.6. The Morgan fingerprint density at radius 1 is 1.28 bits per heavy atom. The minimum absolute atomic E-state index is 0.0304. The van der Waals surface area contributed by atoms with Crippen LogP contribution in [0.4, 0.5) is 4.79 Å². The molecule has 0 spiro atoms. The largest absolute Gasteiger partial charge is 0.489 e. The highest BCUT2D eigenvalue weighted by molar-refractivity contribution is 7.84. The van der Waals surface area contributed by atoms with E-state index in [9.17, 15) is 9.00 Å². The lowest BCUT2D eigenvalue weighted by Crippen LogP contribution is -2.40. The molecule has 2 rings (SSSR count). The van der Waals surface area contributed by atoms with Gasteiger partial charge in [-0.2, -0.15) is 0 Å². The first-order chi connectivity index (χ1) is 14.7. The number of hydrogen-bond acceptors (Lipinski definition) is 4. The van der Waals surface area contributed by atoms with Gasteiger partial charge in [0.1, 0.15) is 18.0 Å². The zero-order chi connectivity index (χ0) is 24.3. The van der Waals surface area contributed by atoms with E-state index in [4.69, 9.17) is 32.7 Å². The van der Waals surface area contributed by atoms with E-state index in [1.165, 1.54) is 0 Å². The number of amides is 1. The van der Waals surface area contributed by atoms with Crippen LogP contribution >= 0.6 is 23.2 Å². The highest BCUT2D eigenvalue weighted by Gasteiger charge is 2.38. The van der Waals surface area contributed by atoms with Gasteiger partial charge in [0.2, 0.25) is 0 Å². The van der Waals surface area contributed by atoms with Gasteiger partial charge in [0.15, 0.2) is 0 Å². The van der Waals surface area contributed by atoms with Gasteiger partial charge in [-0.3, -0.25) is 0 Å². The fourth-order valence-corrected chi connectivity index (χ4v) is 4.55. The molecule has 0 saturated carbocycles. The molecule has 1 aromatic carbocycles. The zero-order valence-corrected chi connectivity index (χ0v) is 22.0. The van der Waals surface area contributed by atoms with Crippen LogP contribution < -0.4 is 9.46 Å². The topological polar surface area (TPSA) is 67.9 Å². The van der Waals surface area contributed by atoms with Gasteiger partial charge in [-0.15, -0.1) is 0 Å². The summed E-state index contributed by atoms with van der Waals surface area (Å²) < 4.78 is 27.2. The molecule has 0 aliphatic carbocycles. The first-order valence-corrected chi connectivity index (χ1v) is 12.5. The minimum Gasteiger partial charge on any atom is -0.489 e. The third-order valence-corrected chi connectivity index (χ3v) is 7.18. The van der Waals surface area contributed by atoms with Crippen molar-refractivity contribution in [3.63, 3.8) is 0 Å². The Balaban J connectivity index is 2.40. The van der Waals surface area contributed by atoms with Crippen molar-refractivity contribution >= 4 is 40.3 Å². The van der Waals surface area contributed by atoms with Crippen LogP contribution in [0.5, 0.6) is 5.75 Å². The van der Waals surface area contributed by atoms with Crippen molar-refractivity contribution in [2.45, 2.75) is 64.4 Å². The number of nitrogens with zero attached hydrogens (tertiary/aromatic N) is 1. The van der Waals surface area contributed by atoms with Crippen LogP contribution in [0, 0.1) is 5.92 Å². The van der Waals surface area contributed by atoms with E-state index < -0.39 is 21.3 Å². The molecule has 1 fully saturated rings. The van der Waals surface area contributed by atoms with E-state index in [0.29, 0.717) is 35.3 Å². The van der Waals surface area contributed by atoms with Crippen LogP contribution in [0.1, 0.15) is 59.6 Å². The summed E-state index contributed by atoms with van der Waals surface area (Å²) in [5.41, 5.74) is 0.172. The average Bonchev–Trinajstić information content (AvgIpc) is 3.14. The lowest BCUT2D eigenvalue weighted by Gasteiger charge is -2.30. The fraction of sp³-hybridized carbons (Fsp3) is 0.609. The molecule has 3 atom stereocenters. The first-order valence-electron chi connectivity index (χ1n) is 10.6. The molecule has 180 valence electrons. The summed E-state index contributed by atoms with van der Waals surface area (Å²) in [4.78, 5) is 14.3. The molecule has 32 heavy (non-hydrogen) atoms. The second kappa shape index (κ2) is 10.8. The maximum absolute atomic E-state index is 13.1. The molecule has 2 unspecified atom stereocenters. The molecule has 1 amide bonds. The molecule has 6 nitrogen and oxygen atoms in total. The summed E-state index contributed by atoms with van der Waals surface area (Å²) in [5.74, 6) is 0.510. The number of carbonyl (C=O) groups excluding carboxylic acids is 1. The van der Waals surface area contributed by atoms with Gasteiger partial charge in [-0.1, -0.05) is 35.9 Å². The molecule has 0 radical (unpaired) electrons. The van der Waals surface area contributed by atoms with Crippen LogP contribution in [0.25, 0.3) is 0 Å². The van der Waals surface area contributed by atoms with Crippen molar-refractivity contribution in [3.05, 3.63) is 40.4 Å². The van der Waals surface area contributed by atoms with Gasteiger partial charge < -0.3 is 14.4 Å². The molecular weight excluding hydrogens is 471 g/mol. The van der Waals surface area contributed by atoms with Crippen molar-refractivity contribution in [1.29, 1.82) is 0 Å². The van der Waals surface area contributed by atoms with Gasteiger partial charge in [-0.05, 0) is 59.9 Å². The maximum atomic E-state index is 13.1. The molecule has 0 aromatic heterocycles. The number of carbonyl (C=O) groups is 1. The van der Waals surface area contributed by atoms with Crippen molar-refractivity contribution in [2.75, 3.05) is 19.7 Å². The number of halogens is 2. The van der Waals surface area contributed by atoms with E-state index in [1.54, 1.807) is 23.1 Å². The first kappa shape index (κ1) is 27.0. The van der Waals surface area contributed by atoms with Crippen LogP contribution in [-0.2, 0) is 15.7 Å². The smallest absolute Gasteiger partial charge is 0.410 e. The van der Waals surface area contributed by atoms with Crippen LogP contribution in [0.15, 0.2) is 24.8 Å². The second-order valence-corrected chi connectivity index (χ2v) is 12.7. The Labute approximate surface area is 204 Å². The summed E-state index contributed by atoms with van der Waals surface area (Å²) in [6, 6.07) is 3.03. The third-order valence-electron chi connectivity index (χ3n) is 4.88. The quantitative estimate of drug-likeness (QED) is 0.468. The SMILES string of the molecule is C=CCOc1cc(Cl)c(Cl)cc1C(NS(=O)C(C)(C)C)[C@@H]1CCN(C(=O)OC(C)(C)C)C1. The Kier molecular flexibility index (Phi) is 9.07. The van der Waals surface area contributed by atoms with Gasteiger partial charge in [0, 0.05) is 24.7 Å². The van der Waals surface area contributed by atoms with Gasteiger partial charge in [-0.25, -0.2) is 13.7 Å². The molecule has 1 aliphatic heterocycles. The number of hydrogen-bond donors (Lipinski definition) is 1. The number of nitrogens with one attached hydrogen (secondary N) is 1. The lowest BCUT2D eigenvalue weighted by atomic mass is 9.92.